The van der Waals surface area contributed by atoms with Gasteiger partial charge in [-0.3, -0.25) is 9.59 Å². The van der Waals surface area contributed by atoms with Crippen LogP contribution in [0.25, 0.3) is 0 Å². The SMILES string of the molecule is Cc1ccc(C2C(=O)Nc3ccc(C)cc3C(=O)N2C(C(=O)O)c2ccccc2)cc1. The summed E-state index contributed by atoms with van der Waals surface area (Å²) < 4.78 is 0. The van der Waals surface area contributed by atoms with Crippen LogP contribution >= 0.6 is 0 Å². The van der Waals surface area contributed by atoms with Crippen LogP contribution in [0.1, 0.15) is 44.7 Å². The van der Waals surface area contributed by atoms with E-state index in [0.717, 1.165) is 11.1 Å². The molecular weight excluding hydrogens is 392 g/mol. The number of aliphatic carboxylic acids is 1. The summed E-state index contributed by atoms with van der Waals surface area (Å²) >= 11 is 0. The van der Waals surface area contributed by atoms with Gasteiger partial charge in [-0.05, 0) is 37.1 Å². The van der Waals surface area contributed by atoms with Crippen molar-refractivity contribution in [1.29, 1.82) is 0 Å². The van der Waals surface area contributed by atoms with E-state index in [1.807, 2.05) is 26.0 Å². The van der Waals surface area contributed by atoms with E-state index in [-0.39, 0.29) is 5.56 Å². The summed E-state index contributed by atoms with van der Waals surface area (Å²) in [5.41, 5.74) is 3.43. The van der Waals surface area contributed by atoms with Gasteiger partial charge < -0.3 is 15.3 Å². The van der Waals surface area contributed by atoms with Crippen molar-refractivity contribution in [3.63, 3.8) is 0 Å². The molecule has 1 aliphatic rings. The summed E-state index contributed by atoms with van der Waals surface area (Å²) in [4.78, 5) is 40.8. The van der Waals surface area contributed by atoms with Gasteiger partial charge in [0, 0.05) is 0 Å². The molecule has 0 saturated carbocycles. The number of nitrogens with zero attached hydrogens (tertiary/aromatic N) is 1. The van der Waals surface area contributed by atoms with Gasteiger partial charge in [0.1, 0.15) is 6.04 Å². The second kappa shape index (κ2) is 8.07. The van der Waals surface area contributed by atoms with Crippen molar-refractivity contribution < 1.29 is 19.5 Å². The van der Waals surface area contributed by atoms with Crippen LogP contribution in [0.5, 0.6) is 0 Å². The predicted molar refractivity (Wildman–Crippen MR) is 117 cm³/mol. The van der Waals surface area contributed by atoms with E-state index in [2.05, 4.69) is 5.32 Å². The molecule has 0 radical (unpaired) electrons. The molecule has 2 N–H and O–H groups in total. The summed E-state index contributed by atoms with van der Waals surface area (Å²) in [6, 6.07) is 18.4. The topological polar surface area (TPSA) is 86.7 Å². The van der Waals surface area contributed by atoms with Gasteiger partial charge in [-0.25, -0.2) is 4.79 Å². The van der Waals surface area contributed by atoms with Crippen LogP contribution < -0.4 is 5.32 Å². The summed E-state index contributed by atoms with van der Waals surface area (Å²) in [7, 11) is 0. The molecule has 2 amide bonds. The Hall–Kier alpha value is -3.93. The Morgan fingerprint density at radius 1 is 0.935 bits per heavy atom. The van der Waals surface area contributed by atoms with Crippen molar-refractivity contribution in [2.75, 3.05) is 5.32 Å². The van der Waals surface area contributed by atoms with Gasteiger partial charge >= 0.3 is 5.97 Å². The van der Waals surface area contributed by atoms with Crippen LogP contribution in [-0.2, 0) is 9.59 Å². The number of carbonyl (C=O) groups is 3. The third-order valence-corrected chi connectivity index (χ3v) is 5.44. The number of hydrogen-bond acceptors (Lipinski definition) is 3. The van der Waals surface area contributed by atoms with Crippen molar-refractivity contribution in [1.82, 2.24) is 4.90 Å². The first kappa shape index (κ1) is 20.3. The zero-order valence-corrected chi connectivity index (χ0v) is 17.2. The Kier molecular flexibility index (Phi) is 5.29. The maximum absolute atomic E-state index is 13.8. The Morgan fingerprint density at radius 3 is 2.23 bits per heavy atom. The van der Waals surface area contributed by atoms with Crippen LogP contribution in [-0.4, -0.2) is 27.8 Å². The standard InChI is InChI=1S/C25H22N2O4/c1-15-8-11-18(12-9-15)21-23(28)26-20-13-10-16(2)14-19(20)24(29)27(21)22(25(30)31)17-6-4-3-5-7-17/h3-14,21-22H,1-2H3,(H,26,28)(H,30,31). The predicted octanol–water partition coefficient (Wildman–Crippen LogP) is 4.26. The van der Waals surface area contributed by atoms with E-state index in [1.165, 1.54) is 4.90 Å². The lowest BCUT2D eigenvalue weighted by molar-refractivity contribution is -0.144. The Bertz CT molecular complexity index is 1160. The monoisotopic (exact) mass is 414 g/mol. The van der Waals surface area contributed by atoms with Crippen LogP contribution in [0.3, 0.4) is 0 Å². The number of carbonyl (C=O) groups excluding carboxylic acids is 2. The molecule has 0 bridgehead atoms. The fourth-order valence-corrected chi connectivity index (χ4v) is 3.91. The second-order valence-electron chi connectivity index (χ2n) is 7.72. The molecule has 0 spiro atoms. The van der Waals surface area contributed by atoms with Crippen molar-refractivity contribution in [3.8, 4) is 0 Å². The summed E-state index contributed by atoms with van der Waals surface area (Å²) in [6.07, 6.45) is 0. The largest absolute Gasteiger partial charge is 0.479 e. The van der Waals surface area contributed by atoms with E-state index in [9.17, 15) is 19.5 Å². The normalized spacial score (nSPS) is 16.8. The molecule has 3 aromatic rings. The fraction of sp³-hybridized carbons (Fsp3) is 0.160. The maximum Gasteiger partial charge on any atom is 0.331 e. The average Bonchev–Trinajstić information content (AvgIpc) is 2.85. The highest BCUT2D eigenvalue weighted by Gasteiger charge is 2.43. The van der Waals surface area contributed by atoms with Crippen LogP contribution in [0, 0.1) is 13.8 Å². The second-order valence-corrected chi connectivity index (χ2v) is 7.72. The number of carboxylic acid groups (broad SMARTS) is 1. The smallest absolute Gasteiger partial charge is 0.331 e. The lowest BCUT2D eigenvalue weighted by atomic mass is 9.97. The number of aryl methyl sites for hydroxylation is 2. The molecule has 0 aliphatic carbocycles. The molecule has 1 aliphatic heterocycles. The molecular formula is C25H22N2O4. The highest BCUT2D eigenvalue weighted by atomic mass is 16.4. The first-order valence-electron chi connectivity index (χ1n) is 9.95. The van der Waals surface area contributed by atoms with E-state index in [4.69, 9.17) is 0 Å². The lowest BCUT2D eigenvalue weighted by Crippen LogP contribution is -2.44. The van der Waals surface area contributed by atoms with E-state index in [0.29, 0.717) is 16.8 Å². The highest BCUT2D eigenvalue weighted by Crippen LogP contribution is 2.38. The van der Waals surface area contributed by atoms with Crippen molar-refractivity contribution in [3.05, 3.63) is 101 Å². The molecule has 2 atom stereocenters. The molecule has 6 heteroatoms. The Balaban J connectivity index is 1.96. The van der Waals surface area contributed by atoms with Gasteiger partial charge in [-0.15, -0.1) is 0 Å². The van der Waals surface area contributed by atoms with Gasteiger partial charge in [0.05, 0.1) is 11.3 Å². The number of fused-ring (bicyclic) bond motifs is 1. The minimum absolute atomic E-state index is 0.269. The Labute approximate surface area is 180 Å². The molecule has 156 valence electrons. The maximum atomic E-state index is 13.8. The van der Waals surface area contributed by atoms with E-state index in [1.54, 1.807) is 60.7 Å². The molecule has 1 heterocycles. The van der Waals surface area contributed by atoms with Gasteiger partial charge in [-0.2, -0.15) is 0 Å². The van der Waals surface area contributed by atoms with Crippen molar-refractivity contribution >= 4 is 23.5 Å². The van der Waals surface area contributed by atoms with Gasteiger partial charge in [0.2, 0.25) is 0 Å². The molecule has 0 saturated heterocycles. The number of anilines is 1. The zero-order valence-electron chi connectivity index (χ0n) is 17.2. The molecule has 0 fully saturated rings. The van der Waals surface area contributed by atoms with Crippen LogP contribution in [0.2, 0.25) is 0 Å². The average molecular weight is 414 g/mol. The van der Waals surface area contributed by atoms with Gasteiger partial charge in [0.15, 0.2) is 6.04 Å². The van der Waals surface area contributed by atoms with Crippen molar-refractivity contribution in [2.24, 2.45) is 0 Å². The van der Waals surface area contributed by atoms with Crippen molar-refractivity contribution in [2.45, 2.75) is 25.9 Å². The quantitative estimate of drug-likeness (QED) is 0.668. The molecule has 31 heavy (non-hydrogen) atoms. The molecule has 6 nitrogen and oxygen atoms in total. The number of hydrogen-bond donors (Lipinski definition) is 2. The summed E-state index contributed by atoms with van der Waals surface area (Å²) in [5.74, 6) is -2.18. The van der Waals surface area contributed by atoms with E-state index < -0.39 is 29.9 Å². The number of amides is 2. The third kappa shape index (κ3) is 3.80. The van der Waals surface area contributed by atoms with Crippen LogP contribution in [0.15, 0.2) is 72.8 Å². The molecule has 4 rings (SSSR count). The summed E-state index contributed by atoms with van der Waals surface area (Å²) in [6.45, 7) is 3.76. The number of nitrogens with one attached hydrogen (secondary N) is 1. The number of benzene rings is 3. The minimum Gasteiger partial charge on any atom is -0.479 e. The van der Waals surface area contributed by atoms with Crippen LogP contribution in [0.4, 0.5) is 5.69 Å². The first-order valence-corrected chi connectivity index (χ1v) is 9.95. The molecule has 3 aromatic carbocycles. The number of rotatable bonds is 4. The highest BCUT2D eigenvalue weighted by molar-refractivity contribution is 6.11. The van der Waals surface area contributed by atoms with E-state index >= 15 is 0 Å². The lowest BCUT2D eigenvalue weighted by Gasteiger charge is -2.34. The fourth-order valence-electron chi connectivity index (χ4n) is 3.91. The van der Waals surface area contributed by atoms with Gasteiger partial charge in [0.25, 0.3) is 11.8 Å². The number of carboxylic acids is 1. The zero-order chi connectivity index (χ0) is 22.1. The first-order chi connectivity index (χ1) is 14.9. The van der Waals surface area contributed by atoms with Gasteiger partial charge in [-0.1, -0.05) is 71.8 Å². The molecule has 0 aromatic heterocycles. The minimum atomic E-state index is -1.34. The third-order valence-electron chi connectivity index (χ3n) is 5.44. The summed E-state index contributed by atoms with van der Waals surface area (Å²) in [5, 5.41) is 13.0. The molecule has 2 unspecified atom stereocenters. The Morgan fingerprint density at radius 2 is 1.58 bits per heavy atom.